The first-order valence-electron chi connectivity index (χ1n) is 6.70. The van der Waals surface area contributed by atoms with E-state index < -0.39 is 5.41 Å². The molecule has 20 heavy (non-hydrogen) atoms. The van der Waals surface area contributed by atoms with E-state index in [2.05, 4.69) is 0 Å². The molecule has 1 fully saturated rings. The summed E-state index contributed by atoms with van der Waals surface area (Å²) in [6, 6.07) is 9.57. The van der Waals surface area contributed by atoms with E-state index in [1.165, 1.54) is 0 Å². The van der Waals surface area contributed by atoms with Gasteiger partial charge in [0.05, 0.1) is 11.1 Å². The van der Waals surface area contributed by atoms with Gasteiger partial charge in [-0.05, 0) is 35.9 Å². The Hall–Kier alpha value is -2.36. The number of nitrogens with zero attached hydrogens (tertiary/aromatic N) is 1. The summed E-state index contributed by atoms with van der Waals surface area (Å²) in [5.41, 5.74) is 7.64. The average Bonchev–Trinajstić information content (AvgIpc) is 3.21. The minimum Gasteiger partial charge on any atom is -0.369 e. The Kier molecular flexibility index (Phi) is 1.94. The van der Waals surface area contributed by atoms with Gasteiger partial charge in [-0.3, -0.25) is 9.59 Å². The van der Waals surface area contributed by atoms with Gasteiger partial charge in [-0.2, -0.15) is 0 Å². The molecule has 2 amide bonds. The number of carbonyl (C=O) groups excluding carboxylic acids is 2. The predicted molar refractivity (Wildman–Crippen MR) is 76.8 cm³/mol. The van der Waals surface area contributed by atoms with Crippen molar-refractivity contribution in [2.45, 2.75) is 18.3 Å². The second-order valence-corrected chi connectivity index (χ2v) is 5.67. The number of hydrogen-bond donors (Lipinski definition) is 1. The molecular formula is C16H14N2O2. The molecule has 1 aliphatic carbocycles. The molecule has 0 spiro atoms. The first-order chi connectivity index (χ1) is 9.56. The Balaban J connectivity index is 2.09. The van der Waals surface area contributed by atoms with Crippen LogP contribution < -0.4 is 10.6 Å². The van der Waals surface area contributed by atoms with Crippen LogP contribution in [-0.4, -0.2) is 18.9 Å². The van der Waals surface area contributed by atoms with Gasteiger partial charge in [-0.25, -0.2) is 0 Å². The van der Waals surface area contributed by atoms with E-state index in [1.54, 1.807) is 11.9 Å². The summed E-state index contributed by atoms with van der Waals surface area (Å²) in [7, 11) is 1.78. The standard InChI is InChI=1S/C16H14N2O2/c1-18-12-6-5-11(16(7-8-16)15(17)20)9-3-2-4-10(13(9)12)14(18)19/h2-6H,7-8H2,1H3,(H2,17,20). The van der Waals surface area contributed by atoms with Crippen LogP contribution in [0.1, 0.15) is 28.8 Å². The maximum atomic E-state index is 12.2. The van der Waals surface area contributed by atoms with Crippen LogP contribution in [0.3, 0.4) is 0 Å². The van der Waals surface area contributed by atoms with Crippen molar-refractivity contribution in [3.63, 3.8) is 0 Å². The maximum absolute atomic E-state index is 12.2. The summed E-state index contributed by atoms with van der Waals surface area (Å²) < 4.78 is 0. The van der Waals surface area contributed by atoms with Crippen molar-refractivity contribution in [2.24, 2.45) is 5.73 Å². The lowest BCUT2D eigenvalue weighted by molar-refractivity contribution is -0.120. The zero-order chi connectivity index (χ0) is 14.1. The third-order valence-electron chi connectivity index (χ3n) is 4.65. The topological polar surface area (TPSA) is 63.4 Å². The Labute approximate surface area is 116 Å². The van der Waals surface area contributed by atoms with E-state index in [9.17, 15) is 9.59 Å². The fourth-order valence-electron chi connectivity index (χ4n) is 3.33. The number of primary amides is 1. The van der Waals surface area contributed by atoms with Gasteiger partial charge in [0.15, 0.2) is 0 Å². The van der Waals surface area contributed by atoms with Crippen molar-refractivity contribution >= 4 is 28.3 Å². The summed E-state index contributed by atoms with van der Waals surface area (Å²) in [5.74, 6) is -0.262. The monoisotopic (exact) mass is 266 g/mol. The summed E-state index contributed by atoms with van der Waals surface area (Å²) in [6.07, 6.45) is 1.59. The number of anilines is 1. The Morgan fingerprint density at radius 1 is 1.25 bits per heavy atom. The number of rotatable bonds is 2. The highest BCUT2D eigenvalue weighted by Crippen LogP contribution is 2.52. The number of nitrogens with two attached hydrogens (primary N) is 1. The molecule has 0 unspecified atom stereocenters. The van der Waals surface area contributed by atoms with E-state index in [1.807, 2.05) is 30.3 Å². The Bertz CT molecular complexity index is 790. The van der Waals surface area contributed by atoms with Crippen LogP contribution in [-0.2, 0) is 10.2 Å². The lowest BCUT2D eigenvalue weighted by atomic mass is 9.89. The molecule has 4 rings (SSSR count). The molecule has 1 aliphatic heterocycles. The first kappa shape index (κ1) is 11.5. The van der Waals surface area contributed by atoms with Crippen molar-refractivity contribution < 1.29 is 9.59 Å². The molecule has 0 atom stereocenters. The molecule has 0 bridgehead atoms. The summed E-state index contributed by atoms with van der Waals surface area (Å²) in [4.78, 5) is 25.7. The highest BCUT2D eigenvalue weighted by atomic mass is 16.2. The van der Waals surface area contributed by atoms with Crippen LogP contribution in [0, 0.1) is 0 Å². The SMILES string of the molecule is CN1C(=O)c2cccc3c(C4(C(N)=O)CC4)ccc1c23. The minimum atomic E-state index is -0.526. The van der Waals surface area contributed by atoms with Crippen LogP contribution >= 0.6 is 0 Å². The number of hydrogen-bond acceptors (Lipinski definition) is 2. The van der Waals surface area contributed by atoms with Gasteiger partial charge in [0.1, 0.15) is 0 Å². The number of carbonyl (C=O) groups is 2. The summed E-state index contributed by atoms with van der Waals surface area (Å²) >= 11 is 0. The highest BCUT2D eigenvalue weighted by Gasteiger charge is 2.51. The molecule has 1 heterocycles. The Morgan fingerprint density at radius 2 is 2.00 bits per heavy atom. The van der Waals surface area contributed by atoms with Gasteiger partial charge < -0.3 is 10.6 Å². The second kappa shape index (κ2) is 3.39. The van der Waals surface area contributed by atoms with Crippen molar-refractivity contribution in [3.05, 3.63) is 41.5 Å². The molecule has 4 heteroatoms. The van der Waals surface area contributed by atoms with Crippen LogP contribution in [0.15, 0.2) is 30.3 Å². The van der Waals surface area contributed by atoms with Gasteiger partial charge in [0.25, 0.3) is 5.91 Å². The van der Waals surface area contributed by atoms with E-state index in [4.69, 9.17) is 5.73 Å². The third-order valence-corrected chi connectivity index (χ3v) is 4.65. The normalized spacial score (nSPS) is 18.6. The first-order valence-corrected chi connectivity index (χ1v) is 6.70. The molecule has 0 aromatic heterocycles. The largest absolute Gasteiger partial charge is 0.369 e. The van der Waals surface area contributed by atoms with Gasteiger partial charge >= 0.3 is 0 Å². The van der Waals surface area contributed by atoms with Crippen LogP contribution in [0.5, 0.6) is 0 Å². The predicted octanol–water partition coefficient (Wildman–Crippen LogP) is 1.95. The molecule has 4 nitrogen and oxygen atoms in total. The fourth-order valence-corrected chi connectivity index (χ4v) is 3.33. The van der Waals surface area contributed by atoms with Gasteiger partial charge in [0.2, 0.25) is 5.91 Å². The highest BCUT2D eigenvalue weighted by molar-refractivity contribution is 6.25. The lowest BCUT2D eigenvalue weighted by Crippen LogP contribution is -2.28. The third kappa shape index (κ3) is 1.17. The van der Waals surface area contributed by atoms with E-state index in [0.29, 0.717) is 5.56 Å². The fraction of sp³-hybridized carbons (Fsp3) is 0.250. The van der Waals surface area contributed by atoms with Crippen molar-refractivity contribution in [2.75, 3.05) is 11.9 Å². The average molecular weight is 266 g/mol. The zero-order valence-electron chi connectivity index (χ0n) is 11.1. The Morgan fingerprint density at radius 3 is 2.65 bits per heavy atom. The van der Waals surface area contributed by atoms with Gasteiger partial charge in [-0.1, -0.05) is 18.2 Å². The maximum Gasteiger partial charge on any atom is 0.258 e. The zero-order valence-corrected chi connectivity index (χ0v) is 11.1. The van der Waals surface area contributed by atoms with Crippen LogP contribution in [0.4, 0.5) is 5.69 Å². The molecule has 2 aromatic carbocycles. The molecule has 100 valence electrons. The molecule has 2 aliphatic rings. The molecule has 0 radical (unpaired) electrons. The molecule has 1 saturated carbocycles. The van der Waals surface area contributed by atoms with Crippen molar-refractivity contribution in [1.29, 1.82) is 0 Å². The van der Waals surface area contributed by atoms with Gasteiger partial charge in [-0.15, -0.1) is 0 Å². The number of amides is 2. The summed E-state index contributed by atoms with van der Waals surface area (Å²) in [6.45, 7) is 0. The number of benzene rings is 2. The van der Waals surface area contributed by atoms with E-state index >= 15 is 0 Å². The quantitative estimate of drug-likeness (QED) is 0.903. The summed E-state index contributed by atoms with van der Waals surface area (Å²) in [5, 5.41) is 1.93. The van der Waals surface area contributed by atoms with E-state index in [0.717, 1.165) is 34.9 Å². The lowest BCUT2D eigenvalue weighted by Gasteiger charge is -2.16. The van der Waals surface area contributed by atoms with Crippen molar-refractivity contribution in [3.8, 4) is 0 Å². The van der Waals surface area contributed by atoms with Gasteiger partial charge in [0, 0.05) is 18.0 Å². The van der Waals surface area contributed by atoms with Crippen molar-refractivity contribution in [1.82, 2.24) is 0 Å². The van der Waals surface area contributed by atoms with E-state index in [-0.39, 0.29) is 11.8 Å². The second-order valence-electron chi connectivity index (χ2n) is 5.67. The minimum absolute atomic E-state index is 0.00618. The molecule has 0 saturated heterocycles. The molecule has 2 N–H and O–H groups in total. The molecule has 2 aromatic rings. The van der Waals surface area contributed by atoms with Crippen LogP contribution in [0.2, 0.25) is 0 Å². The smallest absolute Gasteiger partial charge is 0.258 e. The molecular weight excluding hydrogens is 252 g/mol. The van der Waals surface area contributed by atoms with Crippen LogP contribution in [0.25, 0.3) is 10.8 Å².